The fraction of sp³-hybridized carbons (Fsp3) is 0.150. The lowest BCUT2D eigenvalue weighted by Gasteiger charge is -2.08. The van der Waals surface area contributed by atoms with Crippen molar-refractivity contribution in [2.45, 2.75) is 13.8 Å². The molecule has 0 spiro atoms. The van der Waals surface area contributed by atoms with Gasteiger partial charge in [0.15, 0.2) is 0 Å². The molecule has 0 atom stereocenters. The van der Waals surface area contributed by atoms with Crippen molar-refractivity contribution >= 4 is 34.6 Å². The standard InChI is InChI=1S/C20H19NS2/c1-15(2)18(14-21-16(3)22)13-20-12-11-19(23-20)10-9-17-7-5-4-6-8-17/h4-8,11-13H,1,14H2,2-3H3,(H,21,22)/b18-13+. The molecular weight excluding hydrogens is 318 g/mol. The number of benzene rings is 1. The predicted octanol–water partition coefficient (Wildman–Crippen LogP) is 5.04. The van der Waals surface area contributed by atoms with Crippen LogP contribution in [0.2, 0.25) is 0 Å². The van der Waals surface area contributed by atoms with Gasteiger partial charge in [-0.25, -0.2) is 0 Å². The molecule has 0 saturated heterocycles. The molecule has 0 saturated carbocycles. The van der Waals surface area contributed by atoms with Crippen LogP contribution < -0.4 is 5.32 Å². The van der Waals surface area contributed by atoms with E-state index in [-0.39, 0.29) is 0 Å². The molecule has 1 N–H and O–H groups in total. The third kappa shape index (κ3) is 5.86. The summed E-state index contributed by atoms with van der Waals surface area (Å²) in [6.45, 7) is 8.63. The van der Waals surface area contributed by atoms with Gasteiger partial charge in [-0.05, 0) is 49.8 Å². The summed E-state index contributed by atoms with van der Waals surface area (Å²) < 4.78 is 0. The molecule has 0 fully saturated rings. The zero-order chi connectivity index (χ0) is 16.7. The fourth-order valence-corrected chi connectivity index (χ4v) is 2.77. The van der Waals surface area contributed by atoms with Crippen molar-refractivity contribution < 1.29 is 0 Å². The lowest BCUT2D eigenvalue weighted by atomic mass is 10.1. The summed E-state index contributed by atoms with van der Waals surface area (Å²) in [6, 6.07) is 14.2. The molecule has 23 heavy (non-hydrogen) atoms. The Bertz CT molecular complexity index is 786. The van der Waals surface area contributed by atoms with E-state index in [0.717, 1.165) is 26.6 Å². The molecule has 116 valence electrons. The summed E-state index contributed by atoms with van der Waals surface area (Å²) >= 11 is 6.75. The summed E-state index contributed by atoms with van der Waals surface area (Å²) in [5.74, 6) is 6.40. The molecule has 1 heterocycles. The van der Waals surface area contributed by atoms with Crippen molar-refractivity contribution in [1.29, 1.82) is 0 Å². The van der Waals surface area contributed by atoms with Gasteiger partial charge in [-0.15, -0.1) is 11.3 Å². The topological polar surface area (TPSA) is 12.0 Å². The van der Waals surface area contributed by atoms with Gasteiger partial charge in [0.2, 0.25) is 0 Å². The van der Waals surface area contributed by atoms with Gasteiger partial charge in [-0.1, -0.05) is 54.4 Å². The fourth-order valence-electron chi connectivity index (χ4n) is 1.87. The van der Waals surface area contributed by atoms with Crippen molar-refractivity contribution in [2.24, 2.45) is 0 Å². The summed E-state index contributed by atoms with van der Waals surface area (Å²) in [5.41, 5.74) is 3.22. The SMILES string of the molecule is C=C(C)/C(=C/c1ccc(C#Cc2ccccc2)s1)CNC(C)=S. The minimum absolute atomic E-state index is 0.702. The van der Waals surface area contributed by atoms with E-state index in [1.54, 1.807) is 11.3 Å². The summed E-state index contributed by atoms with van der Waals surface area (Å²) in [5, 5.41) is 3.18. The van der Waals surface area contributed by atoms with E-state index >= 15 is 0 Å². The second-order valence-electron chi connectivity index (χ2n) is 5.18. The van der Waals surface area contributed by atoms with Crippen LogP contribution in [0.5, 0.6) is 0 Å². The first-order valence-corrected chi connectivity index (χ1v) is 8.55. The first-order valence-electron chi connectivity index (χ1n) is 7.32. The van der Waals surface area contributed by atoms with Gasteiger partial charge in [0.25, 0.3) is 0 Å². The third-order valence-corrected chi connectivity index (χ3v) is 4.22. The highest BCUT2D eigenvalue weighted by atomic mass is 32.1. The van der Waals surface area contributed by atoms with Crippen LogP contribution in [0.4, 0.5) is 0 Å². The van der Waals surface area contributed by atoms with Crippen LogP contribution in [0.3, 0.4) is 0 Å². The Morgan fingerprint density at radius 2 is 1.91 bits per heavy atom. The van der Waals surface area contributed by atoms with E-state index in [4.69, 9.17) is 12.2 Å². The molecule has 0 radical (unpaired) electrons. The number of nitrogens with one attached hydrogen (secondary N) is 1. The molecule has 1 aromatic carbocycles. The summed E-state index contributed by atoms with van der Waals surface area (Å²) in [6.07, 6.45) is 2.14. The van der Waals surface area contributed by atoms with Gasteiger partial charge in [0, 0.05) is 17.0 Å². The molecule has 2 aromatic rings. The van der Waals surface area contributed by atoms with Crippen molar-refractivity contribution in [1.82, 2.24) is 5.32 Å². The molecule has 0 bridgehead atoms. The maximum absolute atomic E-state index is 5.07. The Labute approximate surface area is 147 Å². The largest absolute Gasteiger partial charge is 0.376 e. The van der Waals surface area contributed by atoms with Crippen LogP contribution in [0, 0.1) is 11.8 Å². The first kappa shape index (κ1) is 17.2. The summed E-state index contributed by atoms with van der Waals surface area (Å²) in [4.78, 5) is 3.02. The van der Waals surface area contributed by atoms with Gasteiger partial charge < -0.3 is 5.32 Å². The number of thiocarbonyl (C=S) groups is 1. The number of thiophene rings is 1. The molecular formula is C20H19NS2. The Kier molecular flexibility index (Phi) is 6.34. The van der Waals surface area contributed by atoms with Crippen molar-refractivity contribution in [3.8, 4) is 11.8 Å². The van der Waals surface area contributed by atoms with Gasteiger partial charge in [0.05, 0.1) is 9.87 Å². The van der Waals surface area contributed by atoms with E-state index in [1.807, 2.05) is 44.2 Å². The Morgan fingerprint density at radius 3 is 2.57 bits per heavy atom. The maximum atomic E-state index is 5.07. The zero-order valence-corrected chi connectivity index (χ0v) is 15.0. The lowest BCUT2D eigenvalue weighted by molar-refractivity contribution is 1.01. The highest BCUT2D eigenvalue weighted by Gasteiger charge is 2.01. The van der Waals surface area contributed by atoms with E-state index in [0.29, 0.717) is 6.54 Å². The van der Waals surface area contributed by atoms with E-state index in [9.17, 15) is 0 Å². The molecule has 0 aliphatic carbocycles. The smallest absolute Gasteiger partial charge is 0.0778 e. The molecule has 0 amide bonds. The van der Waals surface area contributed by atoms with E-state index in [1.165, 1.54) is 4.88 Å². The van der Waals surface area contributed by atoms with Crippen molar-refractivity contribution in [2.75, 3.05) is 6.54 Å². The summed E-state index contributed by atoms with van der Waals surface area (Å²) in [7, 11) is 0. The van der Waals surface area contributed by atoms with Crippen LogP contribution in [-0.2, 0) is 0 Å². The molecule has 3 heteroatoms. The second-order valence-corrected chi connectivity index (χ2v) is 6.91. The van der Waals surface area contributed by atoms with E-state index < -0.39 is 0 Å². The molecule has 0 aliphatic heterocycles. The maximum Gasteiger partial charge on any atom is 0.0778 e. The lowest BCUT2D eigenvalue weighted by Crippen LogP contribution is -2.21. The van der Waals surface area contributed by atoms with Crippen molar-refractivity contribution in [3.05, 3.63) is 75.5 Å². The molecule has 0 unspecified atom stereocenters. The van der Waals surface area contributed by atoms with Crippen LogP contribution in [-0.4, -0.2) is 11.5 Å². The molecule has 1 aromatic heterocycles. The monoisotopic (exact) mass is 337 g/mol. The first-order chi connectivity index (χ1) is 11.0. The number of rotatable bonds is 4. The highest BCUT2D eigenvalue weighted by Crippen LogP contribution is 2.20. The van der Waals surface area contributed by atoms with Gasteiger partial charge in [0.1, 0.15) is 0 Å². The molecule has 2 rings (SSSR count). The molecule has 0 aliphatic rings. The average molecular weight is 338 g/mol. The van der Waals surface area contributed by atoms with Gasteiger partial charge in [-0.3, -0.25) is 0 Å². The van der Waals surface area contributed by atoms with Crippen LogP contribution in [0.25, 0.3) is 6.08 Å². The van der Waals surface area contributed by atoms with Crippen LogP contribution in [0.1, 0.15) is 29.2 Å². The van der Waals surface area contributed by atoms with Crippen LogP contribution in [0.15, 0.2) is 60.2 Å². The minimum atomic E-state index is 0.702. The number of hydrogen-bond acceptors (Lipinski definition) is 2. The average Bonchev–Trinajstić information content (AvgIpc) is 2.97. The Hall–Kier alpha value is -2.15. The minimum Gasteiger partial charge on any atom is -0.376 e. The molecule has 1 nitrogen and oxygen atoms in total. The van der Waals surface area contributed by atoms with Gasteiger partial charge in [-0.2, -0.15) is 0 Å². The van der Waals surface area contributed by atoms with E-state index in [2.05, 4.69) is 41.9 Å². The normalized spacial score (nSPS) is 10.6. The second kappa shape index (κ2) is 8.47. The Morgan fingerprint density at radius 1 is 1.17 bits per heavy atom. The third-order valence-electron chi connectivity index (χ3n) is 3.12. The predicted molar refractivity (Wildman–Crippen MR) is 106 cm³/mol. The zero-order valence-electron chi connectivity index (χ0n) is 13.3. The van der Waals surface area contributed by atoms with Crippen molar-refractivity contribution in [3.63, 3.8) is 0 Å². The van der Waals surface area contributed by atoms with Crippen LogP contribution >= 0.6 is 23.6 Å². The highest BCUT2D eigenvalue weighted by molar-refractivity contribution is 7.80. The van der Waals surface area contributed by atoms with Gasteiger partial charge >= 0.3 is 0 Å². The number of hydrogen-bond donors (Lipinski definition) is 1. The Balaban J connectivity index is 2.14. The quantitative estimate of drug-likeness (QED) is 0.476.